The topological polar surface area (TPSA) is 35.5 Å². The lowest BCUT2D eigenvalue weighted by atomic mass is 9.89. The Morgan fingerprint density at radius 2 is 1.83 bits per heavy atom. The molecule has 0 aliphatic carbocycles. The second-order valence-electron chi connectivity index (χ2n) is 7.02. The normalized spacial score (nSPS) is 33.0. The molecular weight excluding hydrogens is 224 g/mol. The molecule has 2 unspecified atom stereocenters. The summed E-state index contributed by atoms with van der Waals surface area (Å²) in [6.45, 7) is 10.3. The summed E-state index contributed by atoms with van der Waals surface area (Å²) in [6.07, 6.45) is 5.74. The summed E-state index contributed by atoms with van der Waals surface area (Å²) in [5, 5.41) is 13.4. The van der Waals surface area contributed by atoms with Crippen LogP contribution >= 0.6 is 0 Å². The van der Waals surface area contributed by atoms with Crippen LogP contribution in [0.4, 0.5) is 0 Å². The van der Waals surface area contributed by atoms with Crippen LogP contribution in [0.2, 0.25) is 0 Å². The first-order valence-electron chi connectivity index (χ1n) is 7.66. The third kappa shape index (κ3) is 3.46. The second-order valence-corrected chi connectivity index (χ2v) is 7.02. The number of hydrogen-bond donors (Lipinski definition) is 2. The van der Waals surface area contributed by atoms with Gasteiger partial charge in [0, 0.05) is 25.2 Å². The van der Waals surface area contributed by atoms with E-state index in [2.05, 4.69) is 31.0 Å². The lowest BCUT2D eigenvalue weighted by Gasteiger charge is -2.41. The van der Waals surface area contributed by atoms with Crippen molar-refractivity contribution in [1.29, 1.82) is 0 Å². The van der Waals surface area contributed by atoms with Gasteiger partial charge >= 0.3 is 0 Å². The fourth-order valence-electron chi connectivity index (χ4n) is 3.66. The van der Waals surface area contributed by atoms with Crippen molar-refractivity contribution in [3.63, 3.8) is 0 Å². The Bertz CT molecular complexity index is 253. The van der Waals surface area contributed by atoms with Crippen LogP contribution in [0.3, 0.4) is 0 Å². The van der Waals surface area contributed by atoms with E-state index in [1.165, 1.54) is 25.8 Å². The summed E-state index contributed by atoms with van der Waals surface area (Å²) >= 11 is 0. The Morgan fingerprint density at radius 1 is 1.22 bits per heavy atom. The zero-order valence-electron chi connectivity index (χ0n) is 12.3. The summed E-state index contributed by atoms with van der Waals surface area (Å²) in [5.74, 6) is 0. The first kappa shape index (κ1) is 14.3. The van der Waals surface area contributed by atoms with Gasteiger partial charge in [0.05, 0.1) is 6.10 Å². The molecular formula is C15H30N2O. The van der Waals surface area contributed by atoms with Gasteiger partial charge in [0.1, 0.15) is 0 Å². The summed E-state index contributed by atoms with van der Waals surface area (Å²) in [4.78, 5) is 2.68. The largest absolute Gasteiger partial charge is 0.393 e. The number of rotatable bonds is 6. The molecule has 2 bridgehead atoms. The van der Waals surface area contributed by atoms with Gasteiger partial charge < -0.3 is 10.4 Å². The molecule has 106 valence electrons. The Kier molecular flexibility index (Phi) is 4.68. The van der Waals surface area contributed by atoms with Crippen molar-refractivity contribution in [3.8, 4) is 0 Å². The molecule has 2 fully saturated rings. The van der Waals surface area contributed by atoms with Gasteiger partial charge in [0.2, 0.25) is 0 Å². The average Bonchev–Trinajstić information content (AvgIpc) is 2.53. The Balaban J connectivity index is 1.85. The third-order valence-corrected chi connectivity index (χ3v) is 4.50. The van der Waals surface area contributed by atoms with E-state index in [-0.39, 0.29) is 6.10 Å². The van der Waals surface area contributed by atoms with Crippen LogP contribution in [-0.4, -0.2) is 47.8 Å². The van der Waals surface area contributed by atoms with Crippen molar-refractivity contribution < 1.29 is 5.11 Å². The molecule has 0 aromatic rings. The van der Waals surface area contributed by atoms with Crippen molar-refractivity contribution in [2.24, 2.45) is 5.41 Å². The minimum atomic E-state index is -0.0416. The molecule has 2 aliphatic rings. The molecule has 2 N–H and O–H groups in total. The molecule has 3 nitrogen and oxygen atoms in total. The number of aliphatic hydroxyl groups excluding tert-OH is 1. The van der Waals surface area contributed by atoms with Gasteiger partial charge in [-0.2, -0.15) is 0 Å². The van der Waals surface area contributed by atoms with Gasteiger partial charge in [-0.1, -0.05) is 20.8 Å². The number of hydrogen-bond acceptors (Lipinski definition) is 3. The minimum Gasteiger partial charge on any atom is -0.393 e. The third-order valence-electron chi connectivity index (χ3n) is 4.50. The van der Waals surface area contributed by atoms with E-state index in [0.717, 1.165) is 25.9 Å². The van der Waals surface area contributed by atoms with E-state index in [4.69, 9.17) is 0 Å². The summed E-state index contributed by atoms with van der Waals surface area (Å²) in [6, 6.07) is 1.29. The zero-order chi connectivity index (χ0) is 13.2. The molecule has 0 spiro atoms. The maximum absolute atomic E-state index is 9.84. The van der Waals surface area contributed by atoms with Crippen LogP contribution in [0.15, 0.2) is 0 Å². The molecule has 2 rings (SSSR count). The van der Waals surface area contributed by atoms with Crippen molar-refractivity contribution in [2.75, 3.05) is 19.6 Å². The highest BCUT2D eigenvalue weighted by molar-refractivity contribution is 4.97. The quantitative estimate of drug-likeness (QED) is 0.712. The van der Waals surface area contributed by atoms with Gasteiger partial charge in [-0.15, -0.1) is 0 Å². The molecule has 0 amide bonds. The SMILES string of the molecule is CCCNCC(C)(C)CN1C2CCC1CC(O)C2. The van der Waals surface area contributed by atoms with E-state index in [1.54, 1.807) is 0 Å². The average molecular weight is 254 g/mol. The predicted molar refractivity (Wildman–Crippen MR) is 75.7 cm³/mol. The fraction of sp³-hybridized carbons (Fsp3) is 1.00. The maximum atomic E-state index is 9.84. The van der Waals surface area contributed by atoms with Crippen LogP contribution in [0.1, 0.15) is 52.9 Å². The number of fused-ring (bicyclic) bond motifs is 2. The smallest absolute Gasteiger partial charge is 0.0570 e. The molecule has 2 saturated heterocycles. The molecule has 0 saturated carbocycles. The molecule has 2 heterocycles. The summed E-state index contributed by atoms with van der Waals surface area (Å²) in [7, 11) is 0. The summed E-state index contributed by atoms with van der Waals surface area (Å²) < 4.78 is 0. The molecule has 0 radical (unpaired) electrons. The monoisotopic (exact) mass is 254 g/mol. The van der Waals surface area contributed by atoms with E-state index in [0.29, 0.717) is 17.5 Å². The fourth-order valence-corrected chi connectivity index (χ4v) is 3.66. The van der Waals surface area contributed by atoms with Crippen LogP contribution in [0, 0.1) is 5.41 Å². The highest BCUT2D eigenvalue weighted by Crippen LogP contribution is 2.37. The minimum absolute atomic E-state index is 0.0416. The van der Waals surface area contributed by atoms with E-state index in [9.17, 15) is 5.11 Å². The van der Waals surface area contributed by atoms with Gasteiger partial charge in [0.15, 0.2) is 0 Å². The summed E-state index contributed by atoms with van der Waals surface area (Å²) in [5.41, 5.74) is 0.332. The van der Waals surface area contributed by atoms with Crippen molar-refractivity contribution in [3.05, 3.63) is 0 Å². The van der Waals surface area contributed by atoms with Crippen LogP contribution < -0.4 is 5.32 Å². The van der Waals surface area contributed by atoms with Crippen LogP contribution in [0.5, 0.6) is 0 Å². The Morgan fingerprint density at radius 3 is 2.39 bits per heavy atom. The van der Waals surface area contributed by atoms with E-state index in [1.807, 2.05) is 0 Å². The van der Waals surface area contributed by atoms with Gasteiger partial charge in [-0.05, 0) is 44.1 Å². The highest BCUT2D eigenvalue weighted by Gasteiger charge is 2.41. The van der Waals surface area contributed by atoms with Crippen LogP contribution in [-0.2, 0) is 0 Å². The molecule has 0 aromatic heterocycles. The number of aliphatic hydroxyl groups is 1. The van der Waals surface area contributed by atoms with Crippen LogP contribution in [0.25, 0.3) is 0 Å². The lowest BCUT2D eigenvalue weighted by Crippen LogP contribution is -2.50. The number of piperidine rings is 1. The van der Waals surface area contributed by atoms with Gasteiger partial charge in [-0.25, -0.2) is 0 Å². The van der Waals surface area contributed by atoms with E-state index < -0.39 is 0 Å². The number of nitrogens with zero attached hydrogens (tertiary/aromatic N) is 1. The van der Waals surface area contributed by atoms with Crippen molar-refractivity contribution in [2.45, 2.75) is 71.1 Å². The van der Waals surface area contributed by atoms with Gasteiger partial charge in [-0.3, -0.25) is 4.90 Å². The predicted octanol–water partition coefficient (Wildman–Crippen LogP) is 2.00. The lowest BCUT2D eigenvalue weighted by molar-refractivity contribution is 0.0158. The van der Waals surface area contributed by atoms with Gasteiger partial charge in [0.25, 0.3) is 0 Å². The molecule has 2 atom stereocenters. The maximum Gasteiger partial charge on any atom is 0.0570 e. The standard InChI is InChI=1S/C15H30N2O/c1-4-7-16-10-15(2,3)11-17-12-5-6-13(17)9-14(18)8-12/h12-14,16,18H,4-11H2,1-3H3. The Labute approximate surface area is 112 Å². The zero-order valence-corrected chi connectivity index (χ0v) is 12.3. The Hall–Kier alpha value is -0.120. The second kappa shape index (κ2) is 5.89. The first-order chi connectivity index (χ1) is 8.52. The first-order valence-corrected chi connectivity index (χ1v) is 7.66. The van der Waals surface area contributed by atoms with E-state index >= 15 is 0 Å². The van der Waals surface area contributed by atoms with Crippen molar-refractivity contribution in [1.82, 2.24) is 10.2 Å². The highest BCUT2D eigenvalue weighted by atomic mass is 16.3. The molecule has 18 heavy (non-hydrogen) atoms. The molecule has 3 heteroatoms. The van der Waals surface area contributed by atoms with Crippen molar-refractivity contribution >= 4 is 0 Å². The molecule has 2 aliphatic heterocycles. The number of nitrogens with one attached hydrogen (secondary N) is 1. The molecule has 0 aromatic carbocycles.